The van der Waals surface area contributed by atoms with Crippen LogP contribution in [0.25, 0.3) is 22.0 Å². The summed E-state index contributed by atoms with van der Waals surface area (Å²) >= 11 is 6.54. The molecule has 0 atom stereocenters. The lowest BCUT2D eigenvalue weighted by atomic mass is 9.95. The largest absolute Gasteiger partial charge is 0.462 e. The van der Waals surface area contributed by atoms with Gasteiger partial charge in [-0.2, -0.15) is 0 Å². The van der Waals surface area contributed by atoms with E-state index < -0.39 is 0 Å². The number of anilines is 1. The van der Waals surface area contributed by atoms with E-state index in [9.17, 15) is 4.79 Å². The predicted octanol–water partition coefficient (Wildman–Crippen LogP) is 5.33. The van der Waals surface area contributed by atoms with Gasteiger partial charge in [-0.05, 0) is 31.9 Å². The van der Waals surface area contributed by atoms with Gasteiger partial charge in [-0.1, -0.05) is 48.0 Å². The summed E-state index contributed by atoms with van der Waals surface area (Å²) in [6, 6.07) is 15.5. The Morgan fingerprint density at radius 3 is 2.56 bits per heavy atom. The molecule has 1 aromatic heterocycles. The summed E-state index contributed by atoms with van der Waals surface area (Å²) in [5.74, 6) is 0.340. The number of hydrogen-bond acceptors (Lipinski definition) is 4. The number of esters is 1. The number of rotatable bonds is 4. The maximum Gasteiger partial charge on any atom is 0.342 e. The first-order valence-corrected chi connectivity index (χ1v) is 9.68. The molecule has 0 N–H and O–H groups in total. The minimum atomic E-state index is -0.354. The quantitative estimate of drug-likeness (QED) is 0.573. The van der Waals surface area contributed by atoms with Crippen LogP contribution in [0.2, 0.25) is 5.02 Å². The van der Waals surface area contributed by atoms with Crippen LogP contribution in [-0.2, 0) is 4.74 Å². The van der Waals surface area contributed by atoms with Crippen LogP contribution in [-0.4, -0.2) is 30.6 Å². The third kappa shape index (κ3) is 3.26. The minimum absolute atomic E-state index is 0.313. The second kappa shape index (κ2) is 7.57. The van der Waals surface area contributed by atoms with Crippen LogP contribution in [0.4, 0.5) is 5.82 Å². The maximum atomic E-state index is 13.0. The molecule has 2 heterocycles. The van der Waals surface area contributed by atoms with Gasteiger partial charge in [0.2, 0.25) is 0 Å². The van der Waals surface area contributed by atoms with Crippen molar-refractivity contribution < 1.29 is 9.53 Å². The smallest absolute Gasteiger partial charge is 0.342 e. The zero-order valence-corrected chi connectivity index (χ0v) is 16.0. The van der Waals surface area contributed by atoms with E-state index in [2.05, 4.69) is 4.90 Å². The number of fused-ring (bicyclic) bond motifs is 1. The van der Waals surface area contributed by atoms with Gasteiger partial charge < -0.3 is 9.64 Å². The van der Waals surface area contributed by atoms with Crippen molar-refractivity contribution in [1.82, 2.24) is 4.98 Å². The molecule has 0 bridgehead atoms. The highest BCUT2D eigenvalue weighted by Gasteiger charge is 2.28. The van der Waals surface area contributed by atoms with Crippen molar-refractivity contribution in [2.24, 2.45) is 0 Å². The molecule has 5 heteroatoms. The van der Waals surface area contributed by atoms with Gasteiger partial charge in [0.1, 0.15) is 11.4 Å². The molecule has 4 rings (SSSR count). The number of carbonyl (C=O) groups is 1. The number of benzene rings is 2. The van der Waals surface area contributed by atoms with E-state index in [1.54, 1.807) is 0 Å². The topological polar surface area (TPSA) is 42.4 Å². The first-order chi connectivity index (χ1) is 13.2. The Morgan fingerprint density at radius 1 is 1.11 bits per heavy atom. The molecule has 0 radical (unpaired) electrons. The molecule has 0 amide bonds. The molecular formula is C22H21ClN2O2. The molecule has 3 aromatic rings. The molecule has 2 aromatic carbocycles. The lowest BCUT2D eigenvalue weighted by molar-refractivity contribution is 0.0528. The summed E-state index contributed by atoms with van der Waals surface area (Å²) < 4.78 is 5.43. The van der Waals surface area contributed by atoms with Gasteiger partial charge in [0.05, 0.1) is 12.1 Å². The van der Waals surface area contributed by atoms with E-state index in [1.807, 2.05) is 55.5 Å². The van der Waals surface area contributed by atoms with Crippen molar-refractivity contribution in [2.75, 3.05) is 24.6 Å². The van der Waals surface area contributed by atoms with Crippen molar-refractivity contribution in [3.63, 3.8) is 0 Å². The minimum Gasteiger partial charge on any atom is -0.462 e. The second-order valence-corrected chi connectivity index (χ2v) is 7.00. The third-order valence-corrected chi connectivity index (χ3v) is 5.23. The van der Waals surface area contributed by atoms with E-state index in [0.717, 1.165) is 48.0 Å². The summed E-state index contributed by atoms with van der Waals surface area (Å²) in [5, 5.41) is 1.50. The molecule has 27 heavy (non-hydrogen) atoms. The molecule has 0 unspecified atom stereocenters. The number of aromatic nitrogens is 1. The van der Waals surface area contributed by atoms with Crippen LogP contribution >= 0.6 is 11.6 Å². The molecule has 138 valence electrons. The van der Waals surface area contributed by atoms with E-state index in [-0.39, 0.29) is 5.97 Å². The standard InChI is InChI=1S/C22H21ClN2O2/c1-2-27-22(26)20-19(15-9-3-5-11-17(15)23)16-10-4-6-12-18(16)24-21(20)25-13-7-8-14-25/h3-6,9-12H,2,7-8,13-14H2,1H3. The molecule has 4 nitrogen and oxygen atoms in total. The fourth-order valence-electron chi connectivity index (χ4n) is 3.70. The van der Waals surface area contributed by atoms with Crippen molar-refractivity contribution in [3.05, 3.63) is 59.1 Å². The molecule has 1 fully saturated rings. The number of halogens is 1. The number of hydrogen-bond donors (Lipinski definition) is 0. The number of para-hydroxylation sites is 1. The maximum absolute atomic E-state index is 13.0. The SMILES string of the molecule is CCOC(=O)c1c(N2CCCC2)nc2ccccc2c1-c1ccccc1Cl. The van der Waals surface area contributed by atoms with Gasteiger partial charge in [-0.25, -0.2) is 9.78 Å². The monoisotopic (exact) mass is 380 g/mol. The van der Waals surface area contributed by atoms with Crippen LogP contribution in [0.3, 0.4) is 0 Å². The van der Waals surface area contributed by atoms with Crippen molar-refractivity contribution in [2.45, 2.75) is 19.8 Å². The fraction of sp³-hybridized carbons (Fsp3) is 0.273. The van der Waals surface area contributed by atoms with Crippen molar-refractivity contribution in [1.29, 1.82) is 0 Å². The molecular weight excluding hydrogens is 360 g/mol. The Kier molecular flexibility index (Phi) is 4.99. The highest BCUT2D eigenvalue weighted by atomic mass is 35.5. The molecule has 1 aliphatic rings. The number of carbonyl (C=O) groups excluding carboxylic acids is 1. The molecule has 0 spiro atoms. The van der Waals surface area contributed by atoms with Crippen LogP contribution in [0.1, 0.15) is 30.1 Å². The van der Waals surface area contributed by atoms with Crippen LogP contribution < -0.4 is 4.90 Å². The third-order valence-electron chi connectivity index (χ3n) is 4.90. The summed E-state index contributed by atoms with van der Waals surface area (Å²) in [4.78, 5) is 20.1. The Bertz CT molecular complexity index is 997. The van der Waals surface area contributed by atoms with Gasteiger partial charge in [-0.15, -0.1) is 0 Å². The zero-order valence-electron chi connectivity index (χ0n) is 15.2. The fourth-order valence-corrected chi connectivity index (χ4v) is 3.93. The summed E-state index contributed by atoms with van der Waals surface area (Å²) in [7, 11) is 0. The highest BCUT2D eigenvalue weighted by molar-refractivity contribution is 6.34. The van der Waals surface area contributed by atoms with Crippen LogP contribution in [0, 0.1) is 0 Å². The van der Waals surface area contributed by atoms with E-state index >= 15 is 0 Å². The van der Waals surface area contributed by atoms with E-state index in [4.69, 9.17) is 21.3 Å². The normalized spacial score (nSPS) is 13.9. The van der Waals surface area contributed by atoms with E-state index in [1.165, 1.54) is 0 Å². The first-order valence-electron chi connectivity index (χ1n) is 9.30. The van der Waals surface area contributed by atoms with Crippen molar-refractivity contribution >= 4 is 34.3 Å². The Hall–Kier alpha value is -2.59. The predicted molar refractivity (Wildman–Crippen MR) is 110 cm³/mol. The lowest BCUT2D eigenvalue weighted by Crippen LogP contribution is -2.23. The second-order valence-electron chi connectivity index (χ2n) is 6.60. The number of nitrogens with zero attached hydrogens (tertiary/aromatic N) is 2. The van der Waals surface area contributed by atoms with Gasteiger partial charge >= 0.3 is 5.97 Å². The van der Waals surface area contributed by atoms with Crippen LogP contribution in [0.5, 0.6) is 0 Å². The number of ether oxygens (including phenoxy) is 1. The average Bonchev–Trinajstić information content (AvgIpc) is 3.22. The molecule has 0 saturated carbocycles. The van der Waals surface area contributed by atoms with Gasteiger partial charge in [0.25, 0.3) is 0 Å². The zero-order chi connectivity index (χ0) is 18.8. The Balaban J connectivity index is 2.09. The molecule has 1 saturated heterocycles. The van der Waals surface area contributed by atoms with E-state index in [0.29, 0.717) is 23.0 Å². The highest BCUT2D eigenvalue weighted by Crippen LogP contribution is 2.40. The molecule has 0 aliphatic carbocycles. The lowest BCUT2D eigenvalue weighted by Gasteiger charge is -2.23. The molecule has 1 aliphatic heterocycles. The number of pyridine rings is 1. The Morgan fingerprint density at radius 2 is 1.81 bits per heavy atom. The summed E-state index contributed by atoms with van der Waals surface area (Å²) in [6.07, 6.45) is 2.19. The van der Waals surface area contributed by atoms with Crippen molar-refractivity contribution in [3.8, 4) is 11.1 Å². The van der Waals surface area contributed by atoms with Gasteiger partial charge in [0.15, 0.2) is 0 Å². The summed E-state index contributed by atoms with van der Waals surface area (Å²) in [6.45, 7) is 3.91. The Labute approximate surface area is 163 Å². The first kappa shape index (κ1) is 17.8. The average molecular weight is 381 g/mol. The summed E-state index contributed by atoms with van der Waals surface area (Å²) in [5.41, 5.74) is 2.97. The van der Waals surface area contributed by atoms with Gasteiger partial charge in [-0.3, -0.25) is 0 Å². The van der Waals surface area contributed by atoms with Crippen LogP contribution in [0.15, 0.2) is 48.5 Å². The van der Waals surface area contributed by atoms with Gasteiger partial charge in [0, 0.05) is 34.6 Å².